The van der Waals surface area contributed by atoms with Crippen molar-refractivity contribution < 1.29 is 14.1 Å². The number of hydrogen-bond acceptors (Lipinski definition) is 5. The molecule has 134 valence electrons. The first kappa shape index (κ1) is 18.1. The molecule has 1 N–H and O–H groups in total. The molecule has 1 aromatic heterocycles. The van der Waals surface area contributed by atoms with Crippen LogP contribution in [0, 0.1) is 5.82 Å². The van der Waals surface area contributed by atoms with E-state index in [0.717, 1.165) is 13.1 Å². The van der Waals surface area contributed by atoms with Crippen LogP contribution in [0.15, 0.2) is 23.4 Å². The number of carbonyl (C=O) groups excluding carboxylic acids is 1. The number of piperazine rings is 1. The Morgan fingerprint density at radius 2 is 2.16 bits per heavy atom. The Balaban J connectivity index is 1.48. The van der Waals surface area contributed by atoms with E-state index in [9.17, 15) is 9.18 Å². The van der Waals surface area contributed by atoms with E-state index in [1.54, 1.807) is 19.2 Å². The summed E-state index contributed by atoms with van der Waals surface area (Å²) in [6.07, 6.45) is 0. The monoisotopic (exact) mass is 385 g/mol. The molecule has 3 rings (SSSR count). The first-order valence-electron chi connectivity index (χ1n) is 7.94. The number of nitrogens with one attached hydrogen (secondary N) is 1. The maximum absolute atomic E-state index is 13.9. The van der Waals surface area contributed by atoms with Crippen molar-refractivity contribution in [3.63, 3.8) is 0 Å². The first-order chi connectivity index (χ1) is 12.0. The number of aryl methyl sites for hydroxylation is 1. The van der Waals surface area contributed by atoms with Gasteiger partial charge in [-0.1, -0.05) is 29.4 Å². The third-order valence-electron chi connectivity index (χ3n) is 4.22. The van der Waals surface area contributed by atoms with E-state index in [2.05, 4.69) is 15.5 Å². The zero-order valence-corrected chi connectivity index (χ0v) is 15.4. The number of carbonyl (C=O) groups is 1. The minimum atomic E-state index is -0.271. The van der Waals surface area contributed by atoms with Crippen molar-refractivity contribution in [3.05, 3.63) is 34.6 Å². The van der Waals surface area contributed by atoms with E-state index in [1.807, 2.05) is 4.90 Å². The number of aromatic nitrogens is 4. The summed E-state index contributed by atoms with van der Waals surface area (Å²) >= 11 is 7.42. The fourth-order valence-corrected chi connectivity index (χ4v) is 3.74. The highest BCUT2D eigenvalue weighted by molar-refractivity contribution is 7.99. The van der Waals surface area contributed by atoms with Gasteiger partial charge in [0.15, 0.2) is 0 Å². The maximum atomic E-state index is 13.9. The Bertz CT molecular complexity index is 729. The van der Waals surface area contributed by atoms with Crippen LogP contribution >= 0.6 is 23.4 Å². The van der Waals surface area contributed by atoms with Gasteiger partial charge in [0.2, 0.25) is 11.1 Å². The first-order valence-corrected chi connectivity index (χ1v) is 9.30. The second-order valence-corrected chi connectivity index (χ2v) is 7.23. The molecule has 1 aliphatic heterocycles. The van der Waals surface area contributed by atoms with Crippen molar-refractivity contribution in [2.45, 2.75) is 11.7 Å². The van der Waals surface area contributed by atoms with Gasteiger partial charge in [-0.3, -0.25) is 4.79 Å². The zero-order chi connectivity index (χ0) is 17.8. The normalized spacial score (nSPS) is 15.6. The standard InChI is InChI=1S/C15H18ClFN6OS/c1-21-15(18-19-20-21)25-10-14(24)23-7-5-22(6-8-23)9-11-12(16)3-2-4-13(11)17/h2-4H,5-10H2,1H3/p+1. The Morgan fingerprint density at radius 3 is 2.80 bits per heavy atom. The van der Waals surface area contributed by atoms with Gasteiger partial charge in [0.1, 0.15) is 12.4 Å². The topological polar surface area (TPSA) is 68.4 Å². The number of benzene rings is 1. The van der Waals surface area contributed by atoms with Crippen LogP contribution in [0.4, 0.5) is 4.39 Å². The molecule has 25 heavy (non-hydrogen) atoms. The Hall–Kier alpha value is -1.71. The third-order valence-corrected chi connectivity index (χ3v) is 5.57. The third kappa shape index (κ3) is 4.47. The van der Waals surface area contributed by atoms with Gasteiger partial charge in [0.25, 0.3) is 0 Å². The molecule has 0 atom stereocenters. The summed E-state index contributed by atoms with van der Waals surface area (Å²) in [5, 5.41) is 12.2. The smallest absolute Gasteiger partial charge is 0.233 e. The molecule has 0 saturated carbocycles. The van der Waals surface area contributed by atoms with E-state index in [0.29, 0.717) is 41.1 Å². The van der Waals surface area contributed by atoms with Crippen molar-refractivity contribution in [1.82, 2.24) is 25.1 Å². The van der Waals surface area contributed by atoms with Crippen LogP contribution < -0.4 is 4.90 Å². The number of rotatable bonds is 5. The molecule has 0 unspecified atom stereocenters. The quantitative estimate of drug-likeness (QED) is 0.735. The van der Waals surface area contributed by atoms with Crippen LogP contribution in [-0.4, -0.2) is 62.9 Å². The Kier molecular flexibility index (Phi) is 5.87. The summed E-state index contributed by atoms with van der Waals surface area (Å²) in [6, 6.07) is 4.74. The van der Waals surface area contributed by atoms with Crippen LogP contribution in [0.3, 0.4) is 0 Å². The highest BCUT2D eigenvalue weighted by atomic mass is 35.5. The van der Waals surface area contributed by atoms with Gasteiger partial charge in [-0.2, -0.15) is 0 Å². The number of halogens is 2. The lowest BCUT2D eigenvalue weighted by Gasteiger charge is -2.32. The fraction of sp³-hybridized carbons (Fsp3) is 0.467. The molecule has 7 nitrogen and oxygen atoms in total. The summed E-state index contributed by atoms with van der Waals surface area (Å²) in [7, 11) is 1.74. The largest absolute Gasteiger partial charge is 0.331 e. The molecule has 1 aliphatic rings. The molecule has 0 bridgehead atoms. The highest BCUT2D eigenvalue weighted by Crippen LogP contribution is 2.18. The van der Waals surface area contributed by atoms with Crippen LogP contribution in [-0.2, 0) is 18.4 Å². The lowest BCUT2D eigenvalue weighted by molar-refractivity contribution is -0.917. The number of quaternary nitrogens is 1. The van der Waals surface area contributed by atoms with E-state index in [-0.39, 0.29) is 11.7 Å². The molecule has 1 amide bonds. The second kappa shape index (κ2) is 8.11. The number of nitrogens with zero attached hydrogens (tertiary/aromatic N) is 5. The highest BCUT2D eigenvalue weighted by Gasteiger charge is 2.25. The predicted octanol–water partition coefficient (Wildman–Crippen LogP) is 0.0220. The van der Waals surface area contributed by atoms with Crippen molar-refractivity contribution in [3.8, 4) is 0 Å². The van der Waals surface area contributed by atoms with Gasteiger partial charge in [0, 0.05) is 7.05 Å². The number of tetrazole rings is 1. The predicted molar refractivity (Wildman–Crippen MR) is 91.9 cm³/mol. The van der Waals surface area contributed by atoms with Gasteiger partial charge in [-0.05, 0) is 22.6 Å². The van der Waals surface area contributed by atoms with Gasteiger partial charge in [-0.25, -0.2) is 9.07 Å². The summed E-state index contributed by atoms with van der Waals surface area (Å²) in [5.41, 5.74) is 0.546. The summed E-state index contributed by atoms with van der Waals surface area (Å²) in [6.45, 7) is 3.38. The van der Waals surface area contributed by atoms with E-state index in [1.165, 1.54) is 27.4 Å². The molecule has 0 spiro atoms. The van der Waals surface area contributed by atoms with E-state index >= 15 is 0 Å². The fourth-order valence-electron chi connectivity index (χ4n) is 2.76. The summed E-state index contributed by atoms with van der Waals surface area (Å²) in [4.78, 5) is 15.4. The van der Waals surface area contributed by atoms with E-state index < -0.39 is 0 Å². The molecular formula is C15H19ClFN6OS+. The molecule has 2 heterocycles. The van der Waals surface area contributed by atoms with Crippen molar-refractivity contribution in [2.75, 3.05) is 31.9 Å². The summed E-state index contributed by atoms with van der Waals surface area (Å²) < 4.78 is 15.4. The van der Waals surface area contributed by atoms with Crippen LogP contribution in [0.25, 0.3) is 0 Å². The molecule has 1 saturated heterocycles. The van der Waals surface area contributed by atoms with Gasteiger partial charge in [0.05, 0.1) is 42.5 Å². The minimum Gasteiger partial charge on any atom is -0.331 e. The van der Waals surface area contributed by atoms with Crippen LogP contribution in [0.2, 0.25) is 5.02 Å². The molecular weight excluding hydrogens is 367 g/mol. The zero-order valence-electron chi connectivity index (χ0n) is 13.8. The van der Waals surface area contributed by atoms with Crippen LogP contribution in [0.5, 0.6) is 0 Å². The molecule has 0 radical (unpaired) electrons. The van der Waals surface area contributed by atoms with Gasteiger partial charge >= 0.3 is 0 Å². The van der Waals surface area contributed by atoms with Gasteiger partial charge in [-0.15, -0.1) is 5.10 Å². The lowest BCUT2D eigenvalue weighted by Crippen LogP contribution is -3.13. The van der Waals surface area contributed by atoms with Crippen LogP contribution in [0.1, 0.15) is 5.56 Å². The number of hydrogen-bond donors (Lipinski definition) is 1. The summed E-state index contributed by atoms with van der Waals surface area (Å²) in [5.74, 6) is 0.103. The minimum absolute atomic E-state index is 0.0657. The Labute approximate surface area is 154 Å². The van der Waals surface area contributed by atoms with Crippen molar-refractivity contribution >= 4 is 29.3 Å². The Morgan fingerprint density at radius 1 is 1.40 bits per heavy atom. The second-order valence-electron chi connectivity index (χ2n) is 5.88. The molecule has 1 aromatic carbocycles. The lowest BCUT2D eigenvalue weighted by atomic mass is 10.2. The maximum Gasteiger partial charge on any atom is 0.233 e. The van der Waals surface area contributed by atoms with Crippen molar-refractivity contribution in [1.29, 1.82) is 0 Å². The van der Waals surface area contributed by atoms with Gasteiger partial charge < -0.3 is 9.80 Å². The van der Waals surface area contributed by atoms with E-state index in [4.69, 9.17) is 11.6 Å². The molecule has 1 fully saturated rings. The SMILES string of the molecule is Cn1nnnc1SCC(=O)N1CC[NH+](Cc2c(F)cccc2Cl)CC1. The van der Waals surface area contributed by atoms with Crippen molar-refractivity contribution in [2.24, 2.45) is 7.05 Å². The average molecular weight is 386 g/mol. The molecule has 2 aromatic rings. The molecule has 0 aliphatic carbocycles. The number of thioether (sulfide) groups is 1. The average Bonchev–Trinajstić information content (AvgIpc) is 3.02. The molecule has 10 heteroatoms. The number of amides is 1.